The molecule has 1 heterocycles. The second-order valence-electron chi connectivity index (χ2n) is 2.86. The van der Waals surface area contributed by atoms with E-state index in [9.17, 15) is 9.59 Å². The third-order valence-corrected chi connectivity index (χ3v) is 1.94. The summed E-state index contributed by atoms with van der Waals surface area (Å²) in [6.45, 7) is 0. The summed E-state index contributed by atoms with van der Waals surface area (Å²) in [5.41, 5.74) is 0.298. The number of amides is 2. The summed E-state index contributed by atoms with van der Waals surface area (Å²) in [6.07, 6.45) is 3.94. The van der Waals surface area contributed by atoms with E-state index in [1.54, 1.807) is 19.2 Å². The zero-order chi connectivity index (χ0) is 10.6. The van der Waals surface area contributed by atoms with Crippen LogP contribution in [0.25, 0.3) is 0 Å². The number of rotatable bonds is 2. The van der Waals surface area contributed by atoms with Crippen molar-refractivity contribution in [2.45, 2.75) is 12.5 Å². The Morgan fingerprint density at radius 1 is 1.43 bits per heavy atom. The van der Waals surface area contributed by atoms with Crippen LogP contribution < -0.4 is 10.6 Å². The zero-order valence-corrected chi connectivity index (χ0v) is 8.20. The highest BCUT2D eigenvalue weighted by atomic mass is 16.2. The van der Waals surface area contributed by atoms with Gasteiger partial charge in [-0.25, -0.2) is 0 Å². The number of dihydropyridines is 1. The predicted molar refractivity (Wildman–Crippen MR) is 53.1 cm³/mol. The van der Waals surface area contributed by atoms with Crippen molar-refractivity contribution in [2.24, 2.45) is 4.99 Å². The van der Waals surface area contributed by atoms with E-state index in [-0.39, 0.29) is 11.8 Å². The van der Waals surface area contributed by atoms with Gasteiger partial charge in [-0.1, -0.05) is 6.08 Å². The van der Waals surface area contributed by atoms with Crippen LogP contribution in [0.2, 0.25) is 0 Å². The maximum Gasteiger partial charge on any atom is 0.269 e. The summed E-state index contributed by atoms with van der Waals surface area (Å²) in [7, 11) is 3.08. The Labute approximate surface area is 82.3 Å². The fraction of sp³-hybridized carbons (Fsp3) is 0.444. The molecule has 1 rings (SSSR count). The second kappa shape index (κ2) is 4.55. The van der Waals surface area contributed by atoms with E-state index >= 15 is 0 Å². The Bertz CT molecular complexity index is 307. The first-order chi connectivity index (χ1) is 6.69. The Hall–Kier alpha value is -1.65. The molecule has 0 radical (unpaired) electrons. The van der Waals surface area contributed by atoms with E-state index in [0.717, 1.165) is 0 Å². The molecule has 0 aromatic carbocycles. The minimum absolute atomic E-state index is 0.171. The Morgan fingerprint density at radius 3 is 2.71 bits per heavy atom. The molecule has 5 heteroatoms. The maximum atomic E-state index is 11.2. The van der Waals surface area contributed by atoms with Crippen LogP contribution in [0.1, 0.15) is 6.42 Å². The number of nitrogens with one attached hydrogen (secondary N) is 2. The molecule has 14 heavy (non-hydrogen) atoms. The number of hydrogen-bond donors (Lipinski definition) is 2. The van der Waals surface area contributed by atoms with Gasteiger partial charge in [-0.3, -0.25) is 14.6 Å². The first kappa shape index (κ1) is 10.4. The predicted octanol–water partition coefficient (Wildman–Crippen LogP) is -0.752. The van der Waals surface area contributed by atoms with Crippen LogP contribution in [-0.2, 0) is 9.59 Å². The molecule has 0 bridgehead atoms. The van der Waals surface area contributed by atoms with Crippen molar-refractivity contribution in [3.8, 4) is 0 Å². The van der Waals surface area contributed by atoms with Gasteiger partial charge in [-0.15, -0.1) is 0 Å². The Morgan fingerprint density at radius 2 is 2.14 bits per heavy atom. The SMILES string of the molecule is CNC(=O)C1=NC(C(=O)NC)CC=C1. The minimum Gasteiger partial charge on any atom is -0.357 e. The highest BCUT2D eigenvalue weighted by Crippen LogP contribution is 2.06. The van der Waals surface area contributed by atoms with E-state index in [4.69, 9.17) is 0 Å². The van der Waals surface area contributed by atoms with E-state index in [0.29, 0.717) is 12.1 Å². The molecule has 2 amide bonds. The third-order valence-electron chi connectivity index (χ3n) is 1.94. The lowest BCUT2D eigenvalue weighted by atomic mass is 10.1. The van der Waals surface area contributed by atoms with Gasteiger partial charge in [0.25, 0.3) is 5.91 Å². The lowest BCUT2D eigenvalue weighted by Gasteiger charge is -2.13. The largest absolute Gasteiger partial charge is 0.357 e. The van der Waals surface area contributed by atoms with Crippen LogP contribution in [0.5, 0.6) is 0 Å². The molecule has 0 aliphatic carbocycles. The van der Waals surface area contributed by atoms with Crippen LogP contribution in [-0.4, -0.2) is 37.7 Å². The maximum absolute atomic E-state index is 11.2. The molecule has 1 aliphatic rings. The van der Waals surface area contributed by atoms with Gasteiger partial charge in [-0.05, 0) is 12.5 Å². The molecule has 0 aromatic heterocycles. The van der Waals surface area contributed by atoms with Gasteiger partial charge in [-0.2, -0.15) is 0 Å². The first-order valence-electron chi connectivity index (χ1n) is 4.37. The Balaban J connectivity index is 2.77. The highest BCUT2D eigenvalue weighted by molar-refractivity contribution is 6.43. The summed E-state index contributed by atoms with van der Waals surface area (Å²) in [5, 5.41) is 4.96. The van der Waals surface area contributed by atoms with E-state index in [2.05, 4.69) is 15.6 Å². The van der Waals surface area contributed by atoms with Crippen molar-refractivity contribution in [3.63, 3.8) is 0 Å². The molecule has 0 saturated heterocycles. The van der Waals surface area contributed by atoms with Crippen LogP contribution in [0.4, 0.5) is 0 Å². The summed E-state index contributed by atoms with van der Waals surface area (Å²) >= 11 is 0. The standard InChI is InChI=1S/C9H13N3O2/c1-10-8(13)6-4-3-5-7(12-6)9(14)11-2/h3-4,7H,5H2,1-2H3,(H,10,13)(H,11,14). The van der Waals surface area contributed by atoms with Crippen LogP contribution in [0.15, 0.2) is 17.1 Å². The average Bonchev–Trinajstić information content (AvgIpc) is 2.27. The topological polar surface area (TPSA) is 70.6 Å². The smallest absolute Gasteiger partial charge is 0.269 e. The lowest BCUT2D eigenvalue weighted by Crippen LogP contribution is -2.35. The molecule has 1 atom stereocenters. The fourth-order valence-electron chi connectivity index (χ4n) is 1.17. The highest BCUT2D eigenvalue weighted by Gasteiger charge is 2.20. The van der Waals surface area contributed by atoms with Gasteiger partial charge in [0.1, 0.15) is 11.8 Å². The summed E-state index contributed by atoms with van der Waals surface area (Å²) < 4.78 is 0. The van der Waals surface area contributed by atoms with Crippen LogP contribution in [0, 0.1) is 0 Å². The molecule has 5 nitrogen and oxygen atoms in total. The van der Waals surface area contributed by atoms with Gasteiger partial charge in [0.2, 0.25) is 5.91 Å². The molecule has 1 unspecified atom stereocenters. The molecule has 1 aliphatic heterocycles. The number of nitrogens with zero attached hydrogens (tertiary/aromatic N) is 1. The number of carbonyl (C=O) groups is 2. The van der Waals surface area contributed by atoms with Crippen molar-refractivity contribution in [2.75, 3.05) is 14.1 Å². The van der Waals surface area contributed by atoms with Gasteiger partial charge in [0.15, 0.2) is 0 Å². The van der Waals surface area contributed by atoms with E-state index < -0.39 is 6.04 Å². The number of carbonyl (C=O) groups excluding carboxylic acids is 2. The van der Waals surface area contributed by atoms with Crippen molar-refractivity contribution in [1.82, 2.24) is 10.6 Å². The quantitative estimate of drug-likeness (QED) is 0.608. The van der Waals surface area contributed by atoms with Crippen LogP contribution in [0.3, 0.4) is 0 Å². The molecular formula is C9H13N3O2. The Kier molecular flexibility index (Phi) is 3.39. The van der Waals surface area contributed by atoms with Gasteiger partial charge in [0, 0.05) is 14.1 Å². The van der Waals surface area contributed by atoms with Crippen molar-refractivity contribution < 1.29 is 9.59 Å². The molecule has 0 spiro atoms. The van der Waals surface area contributed by atoms with Crippen molar-refractivity contribution in [1.29, 1.82) is 0 Å². The van der Waals surface area contributed by atoms with Crippen molar-refractivity contribution in [3.05, 3.63) is 12.2 Å². The molecule has 0 fully saturated rings. The molecule has 76 valence electrons. The number of hydrogen-bond acceptors (Lipinski definition) is 3. The third kappa shape index (κ3) is 2.18. The van der Waals surface area contributed by atoms with Gasteiger partial charge in [0.05, 0.1) is 0 Å². The average molecular weight is 195 g/mol. The monoisotopic (exact) mass is 195 g/mol. The molecule has 2 N–H and O–H groups in total. The molecule has 0 saturated carbocycles. The summed E-state index contributed by atoms with van der Waals surface area (Å²) in [5.74, 6) is -0.439. The fourth-order valence-corrected chi connectivity index (χ4v) is 1.17. The minimum atomic E-state index is -0.475. The first-order valence-corrected chi connectivity index (χ1v) is 4.37. The normalized spacial score (nSPS) is 19.9. The zero-order valence-electron chi connectivity index (χ0n) is 8.20. The lowest BCUT2D eigenvalue weighted by molar-refractivity contribution is -0.121. The molecule has 0 aromatic rings. The number of aliphatic imine (C=N–C) groups is 1. The molecular weight excluding hydrogens is 182 g/mol. The number of likely N-dealkylation sites (N-methyl/N-ethyl adjacent to an activating group) is 1. The van der Waals surface area contributed by atoms with Gasteiger partial charge >= 0.3 is 0 Å². The summed E-state index contributed by atoms with van der Waals surface area (Å²) in [6, 6.07) is -0.475. The summed E-state index contributed by atoms with van der Waals surface area (Å²) in [4.78, 5) is 26.5. The van der Waals surface area contributed by atoms with Gasteiger partial charge < -0.3 is 10.6 Å². The van der Waals surface area contributed by atoms with Crippen molar-refractivity contribution >= 4 is 17.5 Å². The van der Waals surface area contributed by atoms with E-state index in [1.165, 1.54) is 7.05 Å². The second-order valence-corrected chi connectivity index (χ2v) is 2.86. The van der Waals surface area contributed by atoms with Crippen LogP contribution >= 0.6 is 0 Å². The van der Waals surface area contributed by atoms with E-state index in [1.807, 2.05) is 0 Å².